The zero-order valence-corrected chi connectivity index (χ0v) is 22.1. The number of carbonyl (C=O) groups is 1. The molecule has 6 heteroatoms. The Bertz CT molecular complexity index is 1400. The second-order valence-corrected chi connectivity index (χ2v) is 9.69. The van der Waals surface area contributed by atoms with Crippen LogP contribution in [0.25, 0.3) is 18.2 Å². The van der Waals surface area contributed by atoms with E-state index in [9.17, 15) is 4.79 Å². The number of rotatable bonds is 7. The molecule has 0 unspecified atom stereocenters. The lowest BCUT2D eigenvalue weighted by atomic mass is 10.1. The van der Waals surface area contributed by atoms with Gasteiger partial charge in [0.2, 0.25) is 0 Å². The predicted octanol–water partition coefficient (Wildman–Crippen LogP) is 8.84. The smallest absolute Gasteiger partial charge is 0.346 e. The topological polar surface area (TPSA) is 64.3 Å². The van der Waals surface area contributed by atoms with Crippen LogP contribution in [0.5, 0.6) is 0 Å². The van der Waals surface area contributed by atoms with Gasteiger partial charge >= 0.3 is 5.97 Å². The zero-order chi connectivity index (χ0) is 25.5. The van der Waals surface area contributed by atoms with E-state index < -0.39 is 5.97 Å². The van der Waals surface area contributed by atoms with E-state index in [0.29, 0.717) is 5.56 Å². The van der Waals surface area contributed by atoms with Crippen LogP contribution in [0.2, 0.25) is 0 Å². The maximum atomic E-state index is 11.0. The Morgan fingerprint density at radius 1 is 0.667 bits per heavy atom. The van der Waals surface area contributed by atoms with E-state index in [-0.39, 0.29) is 5.57 Å². The van der Waals surface area contributed by atoms with Gasteiger partial charge < -0.3 is 10.0 Å². The van der Waals surface area contributed by atoms with E-state index in [2.05, 4.69) is 85.3 Å². The van der Waals surface area contributed by atoms with E-state index in [1.807, 2.05) is 48.6 Å². The summed E-state index contributed by atoms with van der Waals surface area (Å²) in [6.45, 7) is 0. The lowest BCUT2D eigenvalue weighted by Gasteiger charge is -2.25. The second kappa shape index (κ2) is 11.7. The maximum Gasteiger partial charge on any atom is 0.346 e. The Balaban J connectivity index is 1.55. The summed E-state index contributed by atoms with van der Waals surface area (Å²) in [6, 6.07) is 33.8. The van der Waals surface area contributed by atoms with E-state index >= 15 is 0 Å². The predicted molar refractivity (Wildman–Crippen MR) is 153 cm³/mol. The van der Waals surface area contributed by atoms with Crippen molar-refractivity contribution in [3.63, 3.8) is 0 Å². The van der Waals surface area contributed by atoms with E-state index in [0.717, 1.165) is 37.1 Å². The highest BCUT2D eigenvalue weighted by molar-refractivity contribution is 9.10. The molecule has 0 fully saturated rings. The number of carboxylic acids is 1. The lowest BCUT2D eigenvalue weighted by molar-refractivity contribution is -0.132. The van der Waals surface area contributed by atoms with Gasteiger partial charge in [0.1, 0.15) is 11.6 Å². The zero-order valence-electron chi connectivity index (χ0n) is 19.0. The molecule has 4 nitrogen and oxygen atoms in total. The monoisotopic (exact) mass is 598 g/mol. The average Bonchev–Trinajstić information content (AvgIpc) is 2.89. The van der Waals surface area contributed by atoms with Crippen molar-refractivity contribution in [3.05, 3.63) is 128 Å². The van der Waals surface area contributed by atoms with Crippen molar-refractivity contribution in [2.24, 2.45) is 0 Å². The van der Waals surface area contributed by atoms with Crippen LogP contribution in [0.15, 0.2) is 112 Å². The average molecular weight is 600 g/mol. The number of nitriles is 1. The Labute approximate surface area is 226 Å². The molecule has 0 aromatic heterocycles. The third-order valence-electron chi connectivity index (χ3n) is 5.39. The number of nitrogens with zero attached hydrogens (tertiary/aromatic N) is 2. The number of hydrogen-bond donors (Lipinski definition) is 1. The fraction of sp³-hybridized carbons (Fsp3) is 0. The lowest BCUT2D eigenvalue weighted by Crippen LogP contribution is -2.09. The van der Waals surface area contributed by atoms with Gasteiger partial charge in [0, 0.05) is 26.0 Å². The molecule has 0 amide bonds. The highest BCUT2D eigenvalue weighted by Gasteiger charge is 2.12. The summed E-state index contributed by atoms with van der Waals surface area (Å²) in [5.74, 6) is -1.23. The number of anilines is 3. The van der Waals surface area contributed by atoms with Gasteiger partial charge in [-0.15, -0.1) is 0 Å². The van der Waals surface area contributed by atoms with Crippen LogP contribution in [0.4, 0.5) is 17.1 Å². The summed E-state index contributed by atoms with van der Waals surface area (Å²) in [5.41, 5.74) is 5.54. The molecule has 0 heterocycles. The summed E-state index contributed by atoms with van der Waals surface area (Å²) in [4.78, 5) is 13.2. The third-order valence-corrected chi connectivity index (χ3v) is 6.44. The van der Waals surface area contributed by atoms with Crippen LogP contribution in [0.1, 0.15) is 16.7 Å². The van der Waals surface area contributed by atoms with Gasteiger partial charge in [-0.25, -0.2) is 4.79 Å². The molecule has 0 aliphatic carbocycles. The van der Waals surface area contributed by atoms with Crippen molar-refractivity contribution in [1.29, 1.82) is 5.26 Å². The van der Waals surface area contributed by atoms with Crippen molar-refractivity contribution in [2.45, 2.75) is 0 Å². The number of hydrogen-bond acceptors (Lipinski definition) is 3. The molecule has 4 rings (SSSR count). The fourth-order valence-electron chi connectivity index (χ4n) is 3.57. The van der Waals surface area contributed by atoms with Gasteiger partial charge in [-0.05, 0) is 83.4 Å². The minimum Gasteiger partial charge on any atom is -0.477 e. The standard InChI is InChI=1S/C30H20Br2N2O2/c31-25-9-15-28(16-10-25)34(29-17-11-26(32)12-18-29)27-13-7-22(8-14-27)2-1-21-3-5-23(6-4-21)19-24(20-33)30(35)36/h1-19H,(H,35,36)/b2-1+,24-19+. The molecular weight excluding hydrogens is 580 g/mol. The van der Waals surface area contributed by atoms with Crippen molar-refractivity contribution < 1.29 is 9.90 Å². The van der Waals surface area contributed by atoms with Crippen LogP contribution in [-0.4, -0.2) is 11.1 Å². The fourth-order valence-corrected chi connectivity index (χ4v) is 4.10. The van der Waals surface area contributed by atoms with Crippen molar-refractivity contribution >= 4 is 73.1 Å². The van der Waals surface area contributed by atoms with Gasteiger partial charge in [-0.1, -0.05) is 80.4 Å². The minimum absolute atomic E-state index is 0.293. The second-order valence-electron chi connectivity index (χ2n) is 7.85. The summed E-state index contributed by atoms with van der Waals surface area (Å²) in [5, 5.41) is 17.9. The Morgan fingerprint density at radius 2 is 1.03 bits per heavy atom. The highest BCUT2D eigenvalue weighted by atomic mass is 79.9. The van der Waals surface area contributed by atoms with Crippen LogP contribution < -0.4 is 4.90 Å². The third kappa shape index (κ3) is 6.39. The molecule has 0 aliphatic heterocycles. The molecule has 4 aromatic carbocycles. The molecule has 176 valence electrons. The molecule has 0 spiro atoms. The van der Waals surface area contributed by atoms with Crippen molar-refractivity contribution in [2.75, 3.05) is 4.90 Å². The van der Waals surface area contributed by atoms with Gasteiger partial charge in [-0.3, -0.25) is 0 Å². The first-order chi connectivity index (χ1) is 17.4. The SMILES string of the molecule is N#C/C(=C\c1ccc(/C=C/c2ccc(N(c3ccc(Br)cc3)c3ccc(Br)cc3)cc2)cc1)C(=O)O. The Hall–Kier alpha value is -3.92. The van der Waals surface area contributed by atoms with Crippen LogP contribution in [0.3, 0.4) is 0 Å². The quantitative estimate of drug-likeness (QED) is 0.131. The number of halogens is 2. The van der Waals surface area contributed by atoms with Crippen molar-refractivity contribution in [1.82, 2.24) is 0 Å². The highest BCUT2D eigenvalue weighted by Crippen LogP contribution is 2.35. The van der Waals surface area contributed by atoms with Gasteiger partial charge in [0.15, 0.2) is 0 Å². The summed E-state index contributed by atoms with van der Waals surface area (Å²) in [7, 11) is 0. The molecule has 0 saturated carbocycles. The number of aliphatic carboxylic acids is 1. The Morgan fingerprint density at radius 3 is 1.42 bits per heavy atom. The Kier molecular flexibility index (Phi) is 8.17. The normalized spacial score (nSPS) is 11.3. The van der Waals surface area contributed by atoms with Gasteiger partial charge in [0.05, 0.1) is 0 Å². The maximum absolute atomic E-state index is 11.0. The molecule has 4 aromatic rings. The number of carboxylic acid groups (broad SMARTS) is 1. The summed E-state index contributed by atoms with van der Waals surface area (Å²) in [6.07, 6.45) is 5.37. The molecule has 0 bridgehead atoms. The summed E-state index contributed by atoms with van der Waals surface area (Å²) >= 11 is 7.03. The summed E-state index contributed by atoms with van der Waals surface area (Å²) < 4.78 is 2.05. The minimum atomic E-state index is -1.23. The van der Waals surface area contributed by atoms with Crippen LogP contribution in [0, 0.1) is 11.3 Å². The van der Waals surface area contributed by atoms with Gasteiger partial charge in [-0.2, -0.15) is 5.26 Å². The van der Waals surface area contributed by atoms with Crippen molar-refractivity contribution in [3.8, 4) is 6.07 Å². The molecule has 0 saturated heterocycles. The largest absolute Gasteiger partial charge is 0.477 e. The molecule has 0 aliphatic rings. The van der Waals surface area contributed by atoms with Crippen LogP contribution >= 0.6 is 31.9 Å². The van der Waals surface area contributed by atoms with E-state index in [1.54, 1.807) is 18.2 Å². The van der Waals surface area contributed by atoms with E-state index in [1.165, 1.54) is 6.08 Å². The molecule has 36 heavy (non-hydrogen) atoms. The molecule has 1 N–H and O–H groups in total. The van der Waals surface area contributed by atoms with Gasteiger partial charge in [0.25, 0.3) is 0 Å². The first-order valence-electron chi connectivity index (χ1n) is 11.0. The molecular formula is C30H20Br2N2O2. The number of benzene rings is 4. The first-order valence-corrected chi connectivity index (χ1v) is 12.6. The molecule has 0 atom stereocenters. The van der Waals surface area contributed by atoms with E-state index in [4.69, 9.17) is 10.4 Å². The van der Waals surface area contributed by atoms with Crippen LogP contribution in [-0.2, 0) is 4.79 Å². The first kappa shape index (κ1) is 25.2. The molecule has 0 radical (unpaired) electrons.